The molecule has 4 aromatic carbocycles. The van der Waals surface area contributed by atoms with Gasteiger partial charge in [0.25, 0.3) is 23.4 Å². The highest BCUT2D eigenvalue weighted by atomic mass is 35.5. The molecular weight excluding hydrogens is 597 g/mol. The van der Waals surface area contributed by atoms with E-state index < -0.39 is 34.7 Å². The van der Waals surface area contributed by atoms with Gasteiger partial charge in [0.2, 0.25) is 0 Å². The Bertz CT molecular complexity index is 1790. The van der Waals surface area contributed by atoms with Crippen LogP contribution in [0, 0.1) is 10.1 Å². The molecule has 1 heterocycles. The van der Waals surface area contributed by atoms with E-state index >= 15 is 0 Å². The zero-order valence-electron chi connectivity index (χ0n) is 20.8. The topological polar surface area (TPSA) is 136 Å². The lowest BCUT2D eigenvalue weighted by molar-refractivity contribution is -0.383. The first kappa shape index (κ1) is 28.0. The van der Waals surface area contributed by atoms with Crippen LogP contribution in [0.1, 0.15) is 38.0 Å². The summed E-state index contributed by atoms with van der Waals surface area (Å²) in [6, 6.07) is 15.2. The minimum atomic E-state index is -1.22. The molecule has 1 aliphatic rings. The molecule has 0 aliphatic carbocycles. The van der Waals surface area contributed by atoms with Gasteiger partial charge in [0.1, 0.15) is 0 Å². The van der Waals surface area contributed by atoms with E-state index in [9.17, 15) is 29.3 Å². The molecule has 0 aromatic heterocycles. The maximum Gasteiger partial charge on any atom is 0.338 e. The minimum absolute atomic E-state index is 0.0519. The first-order valence-corrected chi connectivity index (χ1v) is 13.0. The van der Waals surface area contributed by atoms with Gasteiger partial charge in [-0.15, -0.1) is 0 Å². The first-order chi connectivity index (χ1) is 19.5. The maximum atomic E-state index is 13.3. The van der Waals surface area contributed by atoms with E-state index in [1.54, 1.807) is 0 Å². The highest BCUT2D eigenvalue weighted by Gasteiger charge is 2.35. The van der Waals surface area contributed by atoms with E-state index in [4.69, 9.17) is 39.5 Å². The number of hydrogen-bond donors (Lipinski definition) is 1. The zero-order chi connectivity index (χ0) is 29.6. The normalized spacial score (nSPS) is 13.2. The Hall–Kier alpha value is -4.51. The van der Waals surface area contributed by atoms with Crippen molar-refractivity contribution in [1.82, 2.24) is 0 Å². The number of carbonyl (C=O) groups is 4. The van der Waals surface area contributed by atoms with Gasteiger partial charge in [-0.1, -0.05) is 40.9 Å². The molecule has 0 saturated heterocycles. The van der Waals surface area contributed by atoms with Crippen LogP contribution in [0.3, 0.4) is 0 Å². The highest BCUT2D eigenvalue weighted by molar-refractivity contribution is 6.44. The van der Waals surface area contributed by atoms with Crippen molar-refractivity contribution in [3.8, 4) is 0 Å². The van der Waals surface area contributed by atoms with Crippen molar-refractivity contribution in [3.05, 3.63) is 109 Å². The Balaban J connectivity index is 1.33. The van der Waals surface area contributed by atoms with Crippen LogP contribution >= 0.6 is 34.8 Å². The standard InChI is InChI=1S/C28H16Cl3N3O7/c1-13(25(35)32-22-12-20(30)19(29)11-21(22)31)41-28(38)14-5-7-15(8-6-14)33-26(36)17-4-2-3-16-23(34(39)40)10-9-18(24(16)17)27(33)37/h2-13H,1H3,(H,32,35)/t13-/m1/s1. The summed E-state index contributed by atoms with van der Waals surface area (Å²) in [6.45, 7) is 1.36. The molecule has 3 amide bonds. The van der Waals surface area contributed by atoms with Crippen molar-refractivity contribution in [2.45, 2.75) is 13.0 Å². The Morgan fingerprint density at radius 2 is 1.54 bits per heavy atom. The number of anilines is 2. The number of ether oxygens (including phenoxy) is 1. The largest absolute Gasteiger partial charge is 0.449 e. The molecule has 0 unspecified atom stereocenters. The Morgan fingerprint density at radius 1 is 0.902 bits per heavy atom. The summed E-state index contributed by atoms with van der Waals surface area (Å²) in [5.74, 6) is -2.85. The number of amides is 3. The molecular formula is C28H16Cl3N3O7. The van der Waals surface area contributed by atoms with E-state index in [2.05, 4.69) is 5.32 Å². The summed E-state index contributed by atoms with van der Waals surface area (Å²) in [5.41, 5.74) is 0.442. The number of nitro benzene ring substituents is 1. The fourth-order valence-electron chi connectivity index (χ4n) is 4.36. The number of imide groups is 1. The van der Waals surface area contributed by atoms with Gasteiger partial charge in [0, 0.05) is 22.6 Å². The van der Waals surface area contributed by atoms with Gasteiger partial charge < -0.3 is 10.1 Å². The smallest absolute Gasteiger partial charge is 0.338 e. The molecule has 1 N–H and O–H groups in total. The fraction of sp³-hybridized carbons (Fsp3) is 0.0714. The molecule has 13 heteroatoms. The van der Waals surface area contributed by atoms with Crippen LogP contribution in [0.4, 0.5) is 17.1 Å². The maximum absolute atomic E-state index is 13.3. The predicted octanol–water partition coefficient (Wildman–Crippen LogP) is 6.69. The second kappa shape index (κ2) is 10.8. The molecule has 0 bridgehead atoms. The van der Waals surface area contributed by atoms with Gasteiger partial charge in [-0.2, -0.15) is 0 Å². The summed E-state index contributed by atoms with van der Waals surface area (Å²) in [6.07, 6.45) is -1.22. The number of benzene rings is 4. The number of nitrogens with zero attached hydrogens (tertiary/aromatic N) is 2. The second-order valence-corrected chi connectivity index (χ2v) is 10.1. The van der Waals surface area contributed by atoms with Crippen molar-refractivity contribution in [3.63, 3.8) is 0 Å². The fourth-order valence-corrected chi connectivity index (χ4v) is 4.95. The Kier molecular flexibility index (Phi) is 7.39. The SMILES string of the molecule is C[C@@H](OC(=O)c1ccc(N2C(=O)c3cccc4c([N+](=O)[O-])ccc(c34)C2=O)cc1)C(=O)Nc1cc(Cl)c(Cl)cc1Cl. The lowest BCUT2D eigenvalue weighted by atomic mass is 9.92. The van der Waals surface area contributed by atoms with Crippen LogP contribution in [-0.2, 0) is 9.53 Å². The van der Waals surface area contributed by atoms with Crippen LogP contribution < -0.4 is 10.2 Å². The van der Waals surface area contributed by atoms with Crippen LogP contribution in [0.5, 0.6) is 0 Å². The number of nitrogens with one attached hydrogen (secondary N) is 1. The third kappa shape index (κ3) is 5.08. The molecule has 206 valence electrons. The average molecular weight is 613 g/mol. The molecule has 5 rings (SSSR count). The van der Waals surface area contributed by atoms with Crippen molar-refractivity contribution in [2.24, 2.45) is 0 Å². The second-order valence-electron chi connectivity index (χ2n) is 8.89. The van der Waals surface area contributed by atoms with Gasteiger partial charge in [-0.05, 0) is 61.5 Å². The third-order valence-electron chi connectivity index (χ3n) is 6.36. The average Bonchev–Trinajstić information content (AvgIpc) is 2.94. The van der Waals surface area contributed by atoms with Gasteiger partial charge in [-0.3, -0.25) is 24.5 Å². The molecule has 10 nitrogen and oxygen atoms in total. The minimum Gasteiger partial charge on any atom is -0.449 e. The number of carbonyl (C=O) groups excluding carboxylic acids is 4. The zero-order valence-corrected chi connectivity index (χ0v) is 23.1. The van der Waals surface area contributed by atoms with Crippen molar-refractivity contribution in [1.29, 1.82) is 0 Å². The quantitative estimate of drug-likeness (QED) is 0.0842. The molecule has 1 atom stereocenters. The number of non-ortho nitro benzene ring substituents is 1. The lowest BCUT2D eigenvalue weighted by Crippen LogP contribution is -2.40. The molecule has 0 radical (unpaired) electrons. The van der Waals surface area contributed by atoms with E-state index in [0.717, 1.165) is 4.90 Å². The van der Waals surface area contributed by atoms with E-state index in [-0.39, 0.29) is 59.6 Å². The van der Waals surface area contributed by atoms with Crippen LogP contribution in [0.15, 0.2) is 66.7 Å². The monoisotopic (exact) mass is 611 g/mol. The van der Waals surface area contributed by atoms with Gasteiger partial charge in [0.05, 0.1) is 42.3 Å². The van der Waals surface area contributed by atoms with Crippen LogP contribution in [0.25, 0.3) is 10.8 Å². The molecule has 0 fully saturated rings. The molecule has 41 heavy (non-hydrogen) atoms. The van der Waals surface area contributed by atoms with Gasteiger partial charge >= 0.3 is 5.97 Å². The summed E-state index contributed by atoms with van der Waals surface area (Å²) in [5, 5.41) is 14.9. The summed E-state index contributed by atoms with van der Waals surface area (Å²) < 4.78 is 5.25. The van der Waals surface area contributed by atoms with Crippen molar-refractivity contribution < 1.29 is 28.8 Å². The molecule has 0 saturated carbocycles. The molecule has 0 spiro atoms. The van der Waals surface area contributed by atoms with Crippen LogP contribution in [-0.4, -0.2) is 34.7 Å². The van der Waals surface area contributed by atoms with Crippen molar-refractivity contribution >= 4 is 86.3 Å². The number of esters is 1. The van der Waals surface area contributed by atoms with Gasteiger partial charge in [-0.25, -0.2) is 9.69 Å². The summed E-state index contributed by atoms with van der Waals surface area (Å²) >= 11 is 17.9. The number of hydrogen-bond acceptors (Lipinski definition) is 7. The van der Waals surface area contributed by atoms with E-state index in [1.807, 2.05) is 0 Å². The summed E-state index contributed by atoms with van der Waals surface area (Å²) in [7, 11) is 0. The number of rotatable bonds is 6. The summed E-state index contributed by atoms with van der Waals surface area (Å²) in [4.78, 5) is 63.7. The van der Waals surface area contributed by atoms with E-state index in [1.165, 1.54) is 73.7 Å². The lowest BCUT2D eigenvalue weighted by Gasteiger charge is -2.27. The number of halogens is 3. The molecule has 1 aliphatic heterocycles. The van der Waals surface area contributed by atoms with E-state index in [0.29, 0.717) is 0 Å². The van der Waals surface area contributed by atoms with Gasteiger partial charge in [0.15, 0.2) is 6.10 Å². The Morgan fingerprint density at radius 3 is 2.20 bits per heavy atom. The Labute approximate surface area is 246 Å². The number of nitro groups is 1. The highest BCUT2D eigenvalue weighted by Crippen LogP contribution is 2.37. The molecule has 4 aromatic rings. The van der Waals surface area contributed by atoms with Crippen molar-refractivity contribution in [2.75, 3.05) is 10.2 Å². The van der Waals surface area contributed by atoms with Crippen LogP contribution in [0.2, 0.25) is 15.1 Å². The third-order valence-corrected chi connectivity index (χ3v) is 7.40. The predicted molar refractivity (Wildman–Crippen MR) is 153 cm³/mol. The first-order valence-electron chi connectivity index (χ1n) is 11.8.